The fraction of sp³-hybridized carbons (Fsp3) is 0.700. The van der Waals surface area contributed by atoms with Crippen LogP contribution in [0, 0.1) is 0 Å². The first kappa shape index (κ1) is 10.3. The lowest BCUT2D eigenvalue weighted by Crippen LogP contribution is -2.31. The van der Waals surface area contributed by atoms with Gasteiger partial charge in [0.1, 0.15) is 12.0 Å². The fourth-order valence-corrected chi connectivity index (χ4v) is 2.14. The highest BCUT2D eigenvalue weighted by Gasteiger charge is 2.23. The number of hydrogen-bond acceptors (Lipinski definition) is 5. The molecule has 1 aromatic rings. The normalized spacial score (nSPS) is 22.7. The fourth-order valence-electron chi connectivity index (χ4n) is 2.14. The van der Waals surface area contributed by atoms with Crippen LogP contribution < -0.4 is 5.32 Å². The topological polar surface area (TPSA) is 53.9 Å². The molecule has 1 aromatic heterocycles. The highest BCUT2D eigenvalue weighted by atomic mass is 15.2. The average Bonchev–Trinajstić information content (AvgIpc) is 2.29. The summed E-state index contributed by atoms with van der Waals surface area (Å²) < 4.78 is 0. The van der Waals surface area contributed by atoms with E-state index in [1.54, 1.807) is 0 Å². The Morgan fingerprint density at radius 1 is 1.53 bits per heavy atom. The molecule has 2 rings (SSSR count). The van der Waals surface area contributed by atoms with Crippen molar-refractivity contribution in [3.63, 3.8) is 0 Å². The lowest BCUT2D eigenvalue weighted by molar-refractivity contribution is 0.248. The van der Waals surface area contributed by atoms with Crippen LogP contribution in [0.3, 0.4) is 0 Å². The molecule has 82 valence electrons. The van der Waals surface area contributed by atoms with E-state index in [2.05, 4.69) is 32.4 Å². The Labute approximate surface area is 89.9 Å². The van der Waals surface area contributed by atoms with Crippen LogP contribution in [0.5, 0.6) is 0 Å². The van der Waals surface area contributed by atoms with Gasteiger partial charge in [0.15, 0.2) is 5.82 Å². The molecule has 15 heavy (non-hydrogen) atoms. The standard InChI is InChI=1S/C10H17N5/c1-11-10-9(14-13-7-12-10)8-4-3-5-15(2)6-8/h7-8H,3-6H2,1-2H3,(H,11,12,13). The van der Waals surface area contributed by atoms with Crippen LogP contribution in [0.2, 0.25) is 0 Å². The van der Waals surface area contributed by atoms with Gasteiger partial charge in [-0.2, -0.15) is 0 Å². The molecule has 0 spiro atoms. The molecule has 1 aliphatic heterocycles. The molecule has 5 nitrogen and oxygen atoms in total. The second kappa shape index (κ2) is 4.53. The van der Waals surface area contributed by atoms with Gasteiger partial charge in [-0.25, -0.2) is 4.98 Å². The first-order valence-corrected chi connectivity index (χ1v) is 5.35. The van der Waals surface area contributed by atoms with Crippen molar-refractivity contribution < 1.29 is 0 Å². The number of aromatic nitrogens is 3. The molecule has 1 unspecified atom stereocenters. The summed E-state index contributed by atoms with van der Waals surface area (Å²) >= 11 is 0. The Bertz CT molecular complexity index is 327. The number of likely N-dealkylation sites (tertiary alicyclic amines) is 1. The minimum atomic E-state index is 0.465. The molecule has 0 aliphatic carbocycles. The summed E-state index contributed by atoms with van der Waals surface area (Å²) in [5.74, 6) is 1.33. The number of hydrogen-bond donors (Lipinski definition) is 1. The lowest BCUT2D eigenvalue weighted by Gasteiger charge is -2.29. The molecule has 2 heterocycles. The first-order valence-electron chi connectivity index (χ1n) is 5.35. The summed E-state index contributed by atoms with van der Waals surface area (Å²) in [6.45, 7) is 2.23. The molecular weight excluding hydrogens is 190 g/mol. The van der Waals surface area contributed by atoms with Gasteiger partial charge in [0.25, 0.3) is 0 Å². The van der Waals surface area contributed by atoms with Gasteiger partial charge in [-0.05, 0) is 26.4 Å². The van der Waals surface area contributed by atoms with Crippen molar-refractivity contribution in [3.05, 3.63) is 12.0 Å². The molecule has 1 saturated heterocycles. The van der Waals surface area contributed by atoms with Gasteiger partial charge in [-0.3, -0.25) is 0 Å². The Balaban J connectivity index is 2.20. The molecule has 0 aromatic carbocycles. The summed E-state index contributed by atoms with van der Waals surface area (Å²) in [6, 6.07) is 0. The zero-order chi connectivity index (χ0) is 10.7. The molecule has 1 atom stereocenters. The van der Waals surface area contributed by atoms with Crippen molar-refractivity contribution >= 4 is 5.82 Å². The van der Waals surface area contributed by atoms with Crippen LogP contribution in [0.15, 0.2) is 6.33 Å². The van der Waals surface area contributed by atoms with Crippen LogP contribution in [-0.4, -0.2) is 47.3 Å². The maximum Gasteiger partial charge on any atom is 0.151 e. The van der Waals surface area contributed by atoms with Crippen LogP contribution in [0.4, 0.5) is 5.82 Å². The molecule has 5 heteroatoms. The van der Waals surface area contributed by atoms with Gasteiger partial charge in [0, 0.05) is 19.5 Å². The molecule has 1 fully saturated rings. The van der Waals surface area contributed by atoms with E-state index in [9.17, 15) is 0 Å². The Morgan fingerprint density at radius 3 is 3.13 bits per heavy atom. The monoisotopic (exact) mass is 207 g/mol. The summed E-state index contributed by atoms with van der Waals surface area (Å²) in [5, 5.41) is 11.2. The summed E-state index contributed by atoms with van der Waals surface area (Å²) in [5.41, 5.74) is 1.01. The van der Waals surface area contributed by atoms with Crippen molar-refractivity contribution in [2.24, 2.45) is 0 Å². The van der Waals surface area contributed by atoms with Gasteiger partial charge in [-0.1, -0.05) is 0 Å². The average molecular weight is 207 g/mol. The predicted octanol–water partition coefficient (Wildman–Crippen LogP) is 0.722. The van der Waals surface area contributed by atoms with Crippen molar-refractivity contribution in [3.8, 4) is 0 Å². The SMILES string of the molecule is CNc1ncnnc1C1CCCN(C)C1. The van der Waals surface area contributed by atoms with E-state index < -0.39 is 0 Å². The molecule has 0 amide bonds. The molecular formula is C10H17N5. The van der Waals surface area contributed by atoms with Gasteiger partial charge < -0.3 is 10.2 Å². The maximum atomic E-state index is 4.21. The van der Waals surface area contributed by atoms with Crippen molar-refractivity contribution in [2.45, 2.75) is 18.8 Å². The van der Waals surface area contributed by atoms with Crippen molar-refractivity contribution in [2.75, 3.05) is 32.5 Å². The van der Waals surface area contributed by atoms with Crippen molar-refractivity contribution in [1.82, 2.24) is 20.1 Å². The van der Waals surface area contributed by atoms with Gasteiger partial charge in [0.05, 0.1) is 0 Å². The van der Waals surface area contributed by atoms with E-state index >= 15 is 0 Å². The molecule has 0 saturated carbocycles. The van der Waals surface area contributed by atoms with E-state index in [1.807, 2.05) is 7.05 Å². The van der Waals surface area contributed by atoms with Crippen LogP contribution in [0.25, 0.3) is 0 Å². The second-order valence-corrected chi connectivity index (χ2v) is 4.05. The zero-order valence-corrected chi connectivity index (χ0v) is 9.27. The summed E-state index contributed by atoms with van der Waals surface area (Å²) in [4.78, 5) is 6.53. The third-order valence-corrected chi connectivity index (χ3v) is 2.89. The largest absolute Gasteiger partial charge is 0.372 e. The smallest absolute Gasteiger partial charge is 0.151 e. The highest BCUT2D eigenvalue weighted by molar-refractivity contribution is 5.40. The molecule has 1 N–H and O–H groups in total. The number of nitrogens with one attached hydrogen (secondary N) is 1. The van der Waals surface area contributed by atoms with E-state index in [4.69, 9.17) is 0 Å². The lowest BCUT2D eigenvalue weighted by atomic mass is 9.95. The first-order chi connectivity index (χ1) is 7.31. The van der Waals surface area contributed by atoms with Gasteiger partial charge in [0.2, 0.25) is 0 Å². The third kappa shape index (κ3) is 2.23. The molecule has 0 bridgehead atoms. The van der Waals surface area contributed by atoms with Gasteiger partial charge in [-0.15, -0.1) is 10.2 Å². The highest BCUT2D eigenvalue weighted by Crippen LogP contribution is 2.27. The van der Waals surface area contributed by atoms with E-state index in [1.165, 1.54) is 25.7 Å². The second-order valence-electron chi connectivity index (χ2n) is 4.05. The number of anilines is 1. The Morgan fingerprint density at radius 2 is 2.40 bits per heavy atom. The van der Waals surface area contributed by atoms with E-state index in [0.29, 0.717) is 5.92 Å². The Hall–Kier alpha value is -1.23. The zero-order valence-electron chi connectivity index (χ0n) is 9.27. The number of nitrogens with zero attached hydrogens (tertiary/aromatic N) is 4. The minimum Gasteiger partial charge on any atom is -0.372 e. The maximum absolute atomic E-state index is 4.21. The quantitative estimate of drug-likeness (QED) is 0.774. The minimum absolute atomic E-state index is 0.465. The number of rotatable bonds is 2. The van der Waals surface area contributed by atoms with Crippen LogP contribution in [-0.2, 0) is 0 Å². The number of likely N-dealkylation sites (N-methyl/N-ethyl adjacent to an activating group) is 1. The molecule has 0 radical (unpaired) electrons. The third-order valence-electron chi connectivity index (χ3n) is 2.89. The predicted molar refractivity (Wildman–Crippen MR) is 58.8 cm³/mol. The van der Waals surface area contributed by atoms with Crippen LogP contribution in [0.1, 0.15) is 24.5 Å². The summed E-state index contributed by atoms with van der Waals surface area (Å²) in [7, 11) is 4.02. The van der Waals surface area contributed by atoms with E-state index in [-0.39, 0.29) is 0 Å². The van der Waals surface area contributed by atoms with Crippen LogP contribution >= 0.6 is 0 Å². The van der Waals surface area contributed by atoms with Crippen molar-refractivity contribution in [1.29, 1.82) is 0 Å². The molecule has 1 aliphatic rings. The Kier molecular flexibility index (Phi) is 3.11. The van der Waals surface area contributed by atoms with Gasteiger partial charge >= 0.3 is 0 Å². The van der Waals surface area contributed by atoms with E-state index in [0.717, 1.165) is 18.1 Å². The number of piperidine rings is 1. The summed E-state index contributed by atoms with van der Waals surface area (Å²) in [6.07, 6.45) is 3.89.